The van der Waals surface area contributed by atoms with Gasteiger partial charge in [0, 0.05) is 4.47 Å². The summed E-state index contributed by atoms with van der Waals surface area (Å²) in [5, 5.41) is 0. The average Bonchev–Trinajstić information content (AvgIpc) is 2.73. The molecule has 0 spiro atoms. The summed E-state index contributed by atoms with van der Waals surface area (Å²) in [6.45, 7) is 4.47. The minimum absolute atomic E-state index is 0.844. The van der Waals surface area contributed by atoms with Crippen molar-refractivity contribution < 1.29 is 0 Å². The zero-order chi connectivity index (χ0) is 8.72. The average molecular weight is 225 g/mol. The molecule has 0 nitrogen and oxygen atoms in total. The van der Waals surface area contributed by atoms with Crippen molar-refractivity contribution in [3.8, 4) is 0 Å². The molecular formula is C11H13Br. The number of hydrogen-bond acceptors (Lipinski definition) is 0. The number of benzene rings is 1. The van der Waals surface area contributed by atoms with Gasteiger partial charge >= 0.3 is 0 Å². The van der Waals surface area contributed by atoms with E-state index in [-0.39, 0.29) is 0 Å². The van der Waals surface area contributed by atoms with Crippen LogP contribution in [0.15, 0.2) is 22.7 Å². The maximum atomic E-state index is 3.51. The van der Waals surface area contributed by atoms with Crippen molar-refractivity contribution in [1.82, 2.24) is 0 Å². The van der Waals surface area contributed by atoms with Crippen LogP contribution in [-0.2, 0) is 0 Å². The molecule has 0 heterocycles. The van der Waals surface area contributed by atoms with E-state index in [2.05, 4.69) is 48.0 Å². The topological polar surface area (TPSA) is 0 Å². The normalized spacial score (nSPS) is 27.2. The molecule has 0 N–H and O–H groups in total. The van der Waals surface area contributed by atoms with Crippen LogP contribution in [0.2, 0.25) is 0 Å². The zero-order valence-corrected chi connectivity index (χ0v) is 9.06. The van der Waals surface area contributed by atoms with Gasteiger partial charge in [-0.25, -0.2) is 0 Å². The molecule has 1 fully saturated rings. The molecule has 0 amide bonds. The Morgan fingerprint density at radius 3 is 2.58 bits per heavy atom. The van der Waals surface area contributed by atoms with Crippen LogP contribution in [0.5, 0.6) is 0 Å². The van der Waals surface area contributed by atoms with Crippen LogP contribution >= 0.6 is 15.9 Å². The van der Waals surface area contributed by atoms with Gasteiger partial charge < -0.3 is 0 Å². The van der Waals surface area contributed by atoms with E-state index in [0.29, 0.717) is 0 Å². The molecule has 0 aliphatic heterocycles. The molecule has 1 unspecified atom stereocenters. The number of rotatable bonds is 1. The zero-order valence-electron chi connectivity index (χ0n) is 7.47. The van der Waals surface area contributed by atoms with Crippen molar-refractivity contribution in [2.45, 2.75) is 26.2 Å². The third-order valence-corrected chi connectivity index (χ3v) is 3.61. The highest BCUT2D eigenvalue weighted by Crippen LogP contribution is 2.47. The van der Waals surface area contributed by atoms with Crippen molar-refractivity contribution in [2.24, 2.45) is 5.92 Å². The first-order valence-corrected chi connectivity index (χ1v) is 5.24. The molecule has 1 aromatic carbocycles. The van der Waals surface area contributed by atoms with Crippen LogP contribution in [0.3, 0.4) is 0 Å². The van der Waals surface area contributed by atoms with Crippen molar-refractivity contribution in [1.29, 1.82) is 0 Å². The summed E-state index contributed by atoms with van der Waals surface area (Å²) in [5.74, 6) is 1.75. The molecule has 1 aliphatic carbocycles. The van der Waals surface area contributed by atoms with E-state index < -0.39 is 0 Å². The minimum Gasteiger partial charge on any atom is -0.0619 e. The minimum atomic E-state index is 0.844. The Hall–Kier alpha value is -0.300. The quantitative estimate of drug-likeness (QED) is 0.680. The molecule has 0 radical (unpaired) electrons. The van der Waals surface area contributed by atoms with Crippen LogP contribution < -0.4 is 0 Å². The molecular weight excluding hydrogens is 212 g/mol. The smallest absolute Gasteiger partial charge is 0.0204 e. The van der Waals surface area contributed by atoms with Crippen LogP contribution in [0.25, 0.3) is 0 Å². The summed E-state index contributed by atoms with van der Waals surface area (Å²) in [7, 11) is 0. The summed E-state index contributed by atoms with van der Waals surface area (Å²) in [4.78, 5) is 0. The highest BCUT2D eigenvalue weighted by Gasteiger charge is 2.33. The second-order valence-corrected chi connectivity index (χ2v) is 4.68. The van der Waals surface area contributed by atoms with Crippen LogP contribution in [0.1, 0.15) is 30.4 Å². The fourth-order valence-electron chi connectivity index (χ4n) is 1.69. The molecule has 1 saturated carbocycles. The number of hydrogen-bond donors (Lipinski definition) is 0. The molecule has 0 bridgehead atoms. The Morgan fingerprint density at radius 1 is 1.42 bits per heavy atom. The van der Waals surface area contributed by atoms with Crippen molar-refractivity contribution in [3.05, 3.63) is 33.8 Å². The molecule has 1 aliphatic rings. The molecule has 1 aromatic rings. The highest BCUT2D eigenvalue weighted by molar-refractivity contribution is 9.10. The third kappa shape index (κ3) is 1.42. The van der Waals surface area contributed by atoms with E-state index in [1.54, 1.807) is 0 Å². The molecule has 12 heavy (non-hydrogen) atoms. The Balaban J connectivity index is 2.29. The van der Waals surface area contributed by atoms with E-state index in [1.165, 1.54) is 22.0 Å². The van der Waals surface area contributed by atoms with Gasteiger partial charge in [-0.15, -0.1) is 0 Å². The van der Waals surface area contributed by atoms with E-state index >= 15 is 0 Å². The Labute approximate surface area is 82.1 Å². The van der Waals surface area contributed by atoms with Crippen molar-refractivity contribution in [3.63, 3.8) is 0 Å². The van der Waals surface area contributed by atoms with Crippen LogP contribution in [-0.4, -0.2) is 0 Å². The number of aryl methyl sites for hydroxylation is 1. The van der Waals surface area contributed by atoms with Gasteiger partial charge in [-0.1, -0.05) is 35.0 Å². The first kappa shape index (κ1) is 8.31. The number of halogens is 1. The lowest BCUT2D eigenvalue weighted by molar-refractivity contribution is 0.913. The second-order valence-electron chi connectivity index (χ2n) is 3.83. The van der Waals surface area contributed by atoms with Gasteiger partial charge in [0.05, 0.1) is 0 Å². The van der Waals surface area contributed by atoms with Crippen LogP contribution in [0.4, 0.5) is 0 Å². The van der Waals surface area contributed by atoms with E-state index in [9.17, 15) is 0 Å². The van der Waals surface area contributed by atoms with Gasteiger partial charge in [-0.3, -0.25) is 0 Å². The van der Waals surface area contributed by atoms with Crippen molar-refractivity contribution >= 4 is 15.9 Å². The molecule has 1 heteroatoms. The lowest BCUT2D eigenvalue weighted by Crippen LogP contribution is -1.83. The Bertz CT molecular complexity index is 304. The fourth-order valence-corrected chi connectivity index (χ4v) is 1.93. The summed E-state index contributed by atoms with van der Waals surface area (Å²) < 4.78 is 1.22. The second kappa shape index (κ2) is 2.88. The Morgan fingerprint density at radius 2 is 2.08 bits per heavy atom. The molecule has 2 atom stereocenters. The molecule has 64 valence electrons. The largest absolute Gasteiger partial charge is 0.0619 e. The van der Waals surface area contributed by atoms with E-state index in [0.717, 1.165) is 11.8 Å². The SMILES string of the molecule is Cc1cc(C2C[C@H]2C)ccc1Br. The predicted octanol–water partition coefficient (Wildman–Crippen LogP) is 3.88. The first-order valence-electron chi connectivity index (χ1n) is 4.44. The van der Waals surface area contributed by atoms with Gasteiger partial charge in [0.15, 0.2) is 0 Å². The summed E-state index contributed by atoms with van der Waals surface area (Å²) in [6.07, 6.45) is 1.38. The maximum Gasteiger partial charge on any atom is 0.0204 e. The highest BCUT2D eigenvalue weighted by atomic mass is 79.9. The first-order chi connectivity index (χ1) is 5.68. The van der Waals surface area contributed by atoms with Crippen LogP contribution in [0, 0.1) is 12.8 Å². The van der Waals surface area contributed by atoms with E-state index in [4.69, 9.17) is 0 Å². The molecule has 0 saturated heterocycles. The fraction of sp³-hybridized carbons (Fsp3) is 0.455. The predicted molar refractivity (Wildman–Crippen MR) is 55.4 cm³/mol. The standard InChI is InChI=1S/C11H13Br/c1-7-6-10(7)9-3-4-11(12)8(2)5-9/h3-5,7,10H,6H2,1-2H3/t7-,10?/m1/s1. The van der Waals surface area contributed by atoms with Gasteiger partial charge in [0.25, 0.3) is 0 Å². The maximum absolute atomic E-state index is 3.51. The lowest BCUT2D eigenvalue weighted by atomic mass is 10.1. The lowest BCUT2D eigenvalue weighted by Gasteiger charge is -2.02. The van der Waals surface area contributed by atoms with Gasteiger partial charge in [0.2, 0.25) is 0 Å². The van der Waals surface area contributed by atoms with E-state index in [1.807, 2.05) is 0 Å². The summed E-state index contributed by atoms with van der Waals surface area (Å²) in [5.41, 5.74) is 2.87. The molecule has 2 rings (SSSR count). The van der Waals surface area contributed by atoms with Gasteiger partial charge in [-0.2, -0.15) is 0 Å². The summed E-state index contributed by atoms with van der Waals surface area (Å²) >= 11 is 3.51. The van der Waals surface area contributed by atoms with Crippen molar-refractivity contribution in [2.75, 3.05) is 0 Å². The molecule has 0 aromatic heterocycles. The monoisotopic (exact) mass is 224 g/mol. The van der Waals surface area contributed by atoms with Gasteiger partial charge in [-0.05, 0) is 42.4 Å². The summed E-state index contributed by atoms with van der Waals surface area (Å²) in [6, 6.07) is 6.71. The third-order valence-electron chi connectivity index (χ3n) is 2.72. The van der Waals surface area contributed by atoms with Gasteiger partial charge in [0.1, 0.15) is 0 Å². The Kier molecular flexibility index (Phi) is 1.99.